The van der Waals surface area contributed by atoms with Gasteiger partial charge in [-0.2, -0.15) is 8.42 Å². The Balaban J connectivity index is 5.27. The van der Waals surface area contributed by atoms with E-state index < -0.39 is 24.5 Å². The van der Waals surface area contributed by atoms with Gasteiger partial charge in [0.2, 0.25) is 0 Å². The maximum absolute atomic E-state index is 11.4. The maximum Gasteiger partial charge on any atom is 0.264 e. The standard InChI is InChI=1S/C14H30O5SSi/c1-8-9-13(18-20(4,16)17)12(3)14(11(2)10-15)19-21(5,6)7/h10-14H,8-9H2,1-7H3/t11-,12-,13+,14+/m0/s1. The second-order valence-corrected chi connectivity index (χ2v) is 12.7. The predicted molar refractivity (Wildman–Crippen MR) is 87.2 cm³/mol. The molecule has 0 radical (unpaired) electrons. The Morgan fingerprint density at radius 3 is 2.05 bits per heavy atom. The average molecular weight is 339 g/mol. The van der Waals surface area contributed by atoms with E-state index in [9.17, 15) is 13.2 Å². The molecule has 5 nitrogen and oxygen atoms in total. The third-order valence-corrected chi connectivity index (χ3v) is 4.77. The molecule has 0 rings (SSSR count). The lowest BCUT2D eigenvalue weighted by molar-refractivity contribution is -0.115. The van der Waals surface area contributed by atoms with Crippen molar-refractivity contribution in [3.63, 3.8) is 0 Å². The molecule has 0 fully saturated rings. The van der Waals surface area contributed by atoms with Gasteiger partial charge in [0, 0.05) is 11.8 Å². The number of aldehydes is 1. The SMILES string of the molecule is CCC[C@@H](OS(C)(=O)=O)[C@H](C)[C@H](O[Si](C)(C)C)[C@@H](C)C=O. The molecule has 0 aromatic rings. The fourth-order valence-corrected chi connectivity index (χ4v) is 4.26. The van der Waals surface area contributed by atoms with Crippen molar-refractivity contribution >= 4 is 24.7 Å². The van der Waals surface area contributed by atoms with E-state index in [2.05, 4.69) is 19.6 Å². The van der Waals surface area contributed by atoms with Gasteiger partial charge in [-0.05, 0) is 26.1 Å². The topological polar surface area (TPSA) is 69.7 Å². The smallest absolute Gasteiger partial charge is 0.264 e. The number of hydrogen-bond acceptors (Lipinski definition) is 5. The Kier molecular flexibility index (Phi) is 8.31. The highest BCUT2D eigenvalue weighted by Gasteiger charge is 2.35. The molecule has 0 N–H and O–H groups in total. The van der Waals surface area contributed by atoms with E-state index in [0.717, 1.165) is 19.0 Å². The van der Waals surface area contributed by atoms with Crippen molar-refractivity contribution in [1.29, 1.82) is 0 Å². The minimum absolute atomic E-state index is 0.174. The van der Waals surface area contributed by atoms with Gasteiger partial charge in [-0.3, -0.25) is 4.18 Å². The van der Waals surface area contributed by atoms with E-state index >= 15 is 0 Å². The molecule has 0 aromatic heterocycles. The molecular formula is C14H30O5SSi. The van der Waals surface area contributed by atoms with Crippen LogP contribution in [0.15, 0.2) is 0 Å². The monoisotopic (exact) mass is 338 g/mol. The van der Waals surface area contributed by atoms with Crippen LogP contribution in [-0.4, -0.2) is 41.5 Å². The van der Waals surface area contributed by atoms with Crippen LogP contribution in [0.5, 0.6) is 0 Å². The fraction of sp³-hybridized carbons (Fsp3) is 0.929. The summed E-state index contributed by atoms with van der Waals surface area (Å²) in [6, 6.07) is 0. The van der Waals surface area contributed by atoms with Crippen molar-refractivity contribution in [2.75, 3.05) is 6.26 Å². The molecule has 0 bridgehead atoms. The van der Waals surface area contributed by atoms with Gasteiger partial charge in [0.05, 0.1) is 18.5 Å². The van der Waals surface area contributed by atoms with E-state index in [0.29, 0.717) is 6.42 Å². The van der Waals surface area contributed by atoms with Gasteiger partial charge in [0.25, 0.3) is 10.1 Å². The Labute approximate surface area is 130 Å². The number of carbonyl (C=O) groups excluding carboxylic acids is 1. The predicted octanol–water partition coefficient (Wildman–Crippen LogP) is 2.82. The highest BCUT2D eigenvalue weighted by molar-refractivity contribution is 7.86. The van der Waals surface area contributed by atoms with Crippen LogP contribution in [0.2, 0.25) is 19.6 Å². The zero-order valence-electron chi connectivity index (χ0n) is 14.3. The molecule has 0 aliphatic heterocycles. The first kappa shape index (κ1) is 20.8. The molecule has 126 valence electrons. The number of carbonyl (C=O) groups is 1. The van der Waals surface area contributed by atoms with Crippen molar-refractivity contribution in [2.24, 2.45) is 11.8 Å². The third-order valence-electron chi connectivity index (χ3n) is 3.20. The molecule has 0 aromatic carbocycles. The van der Waals surface area contributed by atoms with Crippen molar-refractivity contribution in [3.8, 4) is 0 Å². The first-order chi connectivity index (χ1) is 9.41. The van der Waals surface area contributed by atoms with E-state index in [1.165, 1.54) is 0 Å². The molecule has 0 spiro atoms. The molecule has 0 heterocycles. The van der Waals surface area contributed by atoms with E-state index in [-0.39, 0.29) is 17.9 Å². The van der Waals surface area contributed by atoms with Crippen LogP contribution in [0.1, 0.15) is 33.6 Å². The Hall–Kier alpha value is -0.243. The zero-order valence-corrected chi connectivity index (χ0v) is 16.1. The summed E-state index contributed by atoms with van der Waals surface area (Å²) < 4.78 is 34.2. The lowest BCUT2D eigenvalue weighted by Crippen LogP contribution is -2.44. The quantitative estimate of drug-likeness (QED) is 0.348. The summed E-state index contributed by atoms with van der Waals surface area (Å²) in [4.78, 5) is 11.2. The van der Waals surface area contributed by atoms with Crippen molar-refractivity contribution < 1.29 is 21.8 Å². The summed E-state index contributed by atoms with van der Waals surface area (Å²) in [7, 11) is -5.39. The minimum Gasteiger partial charge on any atom is -0.414 e. The van der Waals surface area contributed by atoms with Crippen molar-refractivity contribution in [1.82, 2.24) is 0 Å². The molecule has 0 saturated carbocycles. The molecule has 21 heavy (non-hydrogen) atoms. The normalized spacial score (nSPS) is 18.8. The largest absolute Gasteiger partial charge is 0.414 e. The molecular weight excluding hydrogens is 308 g/mol. The van der Waals surface area contributed by atoms with E-state index in [4.69, 9.17) is 8.61 Å². The van der Waals surface area contributed by atoms with Crippen LogP contribution in [0.4, 0.5) is 0 Å². The van der Waals surface area contributed by atoms with Gasteiger partial charge in [0.15, 0.2) is 8.32 Å². The van der Waals surface area contributed by atoms with Crippen LogP contribution in [0.3, 0.4) is 0 Å². The second kappa shape index (κ2) is 8.41. The van der Waals surface area contributed by atoms with Crippen LogP contribution in [0.25, 0.3) is 0 Å². The number of rotatable bonds is 10. The average Bonchev–Trinajstić information content (AvgIpc) is 2.31. The lowest BCUT2D eigenvalue weighted by Gasteiger charge is -2.36. The highest BCUT2D eigenvalue weighted by atomic mass is 32.2. The molecule has 7 heteroatoms. The summed E-state index contributed by atoms with van der Waals surface area (Å²) in [5.74, 6) is -0.471. The maximum atomic E-state index is 11.4. The Bertz CT molecular complexity index is 416. The first-order valence-electron chi connectivity index (χ1n) is 7.42. The Morgan fingerprint density at radius 2 is 1.71 bits per heavy atom. The second-order valence-electron chi connectivity index (χ2n) is 6.68. The van der Waals surface area contributed by atoms with Crippen LogP contribution in [-0.2, 0) is 23.5 Å². The minimum atomic E-state index is -3.53. The third kappa shape index (κ3) is 8.70. The van der Waals surface area contributed by atoms with Crippen LogP contribution in [0, 0.1) is 11.8 Å². The van der Waals surface area contributed by atoms with Gasteiger partial charge in [-0.25, -0.2) is 0 Å². The summed E-state index contributed by atoms with van der Waals surface area (Å²) in [6.45, 7) is 11.8. The lowest BCUT2D eigenvalue weighted by atomic mass is 9.88. The van der Waals surface area contributed by atoms with E-state index in [1.807, 2.05) is 13.8 Å². The first-order valence-corrected chi connectivity index (χ1v) is 12.6. The fourth-order valence-electron chi connectivity index (χ4n) is 2.30. The molecule has 0 unspecified atom stereocenters. The van der Waals surface area contributed by atoms with Gasteiger partial charge in [0.1, 0.15) is 6.29 Å². The van der Waals surface area contributed by atoms with Gasteiger partial charge in [-0.1, -0.05) is 27.2 Å². The molecule has 4 atom stereocenters. The van der Waals surface area contributed by atoms with Crippen molar-refractivity contribution in [2.45, 2.75) is 65.5 Å². The molecule has 0 aliphatic rings. The summed E-state index contributed by atoms with van der Waals surface area (Å²) in [5, 5.41) is 0. The van der Waals surface area contributed by atoms with Gasteiger partial charge in [-0.15, -0.1) is 0 Å². The van der Waals surface area contributed by atoms with Crippen LogP contribution >= 0.6 is 0 Å². The van der Waals surface area contributed by atoms with Crippen molar-refractivity contribution in [3.05, 3.63) is 0 Å². The van der Waals surface area contributed by atoms with Gasteiger partial charge < -0.3 is 9.22 Å². The number of hydrogen-bond donors (Lipinski definition) is 0. The summed E-state index contributed by atoms with van der Waals surface area (Å²) >= 11 is 0. The molecule has 0 aliphatic carbocycles. The van der Waals surface area contributed by atoms with Crippen LogP contribution < -0.4 is 0 Å². The Morgan fingerprint density at radius 1 is 1.19 bits per heavy atom. The van der Waals surface area contributed by atoms with Gasteiger partial charge >= 0.3 is 0 Å². The summed E-state index contributed by atoms with van der Waals surface area (Å²) in [5.41, 5.74) is 0. The molecule has 0 saturated heterocycles. The highest BCUT2D eigenvalue weighted by Crippen LogP contribution is 2.27. The zero-order chi connectivity index (χ0) is 16.8. The summed E-state index contributed by atoms with van der Waals surface area (Å²) in [6.07, 6.45) is 2.55. The molecule has 0 amide bonds. The van der Waals surface area contributed by atoms with E-state index in [1.54, 1.807) is 6.92 Å².